The average molecular weight is 252 g/mol. The Kier molecular flexibility index (Phi) is 2.39. The maximum atomic E-state index is 11.8. The van der Waals surface area contributed by atoms with Gasteiger partial charge in [0, 0.05) is 14.1 Å². The Morgan fingerprint density at radius 1 is 1.22 bits per heavy atom. The quantitative estimate of drug-likeness (QED) is 0.605. The van der Waals surface area contributed by atoms with E-state index in [2.05, 4.69) is 9.97 Å². The predicted octanol–water partition coefficient (Wildman–Crippen LogP) is -1.98. The third-order valence-corrected chi connectivity index (χ3v) is 2.51. The Morgan fingerprint density at radius 3 is 2.39 bits per heavy atom. The number of carboxylic acids is 1. The summed E-state index contributed by atoms with van der Waals surface area (Å²) in [5.41, 5.74) is -3.58. The van der Waals surface area contributed by atoms with Gasteiger partial charge < -0.3 is 10.1 Å². The Hall–Kier alpha value is -2.71. The summed E-state index contributed by atoms with van der Waals surface area (Å²) in [5, 5.41) is 8.75. The number of nitrogens with zero attached hydrogens (tertiary/aromatic N) is 3. The van der Waals surface area contributed by atoms with E-state index in [1.807, 2.05) is 0 Å². The summed E-state index contributed by atoms with van der Waals surface area (Å²) in [6, 6.07) is 0. The van der Waals surface area contributed by atoms with Gasteiger partial charge in [-0.05, 0) is 0 Å². The van der Waals surface area contributed by atoms with E-state index in [1.165, 1.54) is 14.1 Å². The van der Waals surface area contributed by atoms with Gasteiger partial charge in [0.15, 0.2) is 5.52 Å². The van der Waals surface area contributed by atoms with Crippen molar-refractivity contribution in [3.8, 4) is 0 Å². The van der Waals surface area contributed by atoms with E-state index < -0.39 is 28.5 Å². The number of aromatic nitrogens is 4. The summed E-state index contributed by atoms with van der Waals surface area (Å²) in [5.74, 6) is -1.55. The van der Waals surface area contributed by atoms with Crippen LogP contribution in [0.25, 0.3) is 11.2 Å². The number of aromatic carboxylic acids is 1. The smallest absolute Gasteiger partial charge is 0.360 e. The molecule has 0 bridgehead atoms. The van der Waals surface area contributed by atoms with Crippen molar-refractivity contribution >= 4 is 17.1 Å². The molecule has 18 heavy (non-hydrogen) atoms. The predicted molar refractivity (Wildman–Crippen MR) is 59.8 cm³/mol. The molecule has 94 valence electrons. The molecule has 0 aliphatic heterocycles. The highest BCUT2D eigenvalue weighted by molar-refractivity contribution is 5.87. The van der Waals surface area contributed by atoms with E-state index in [-0.39, 0.29) is 11.2 Å². The number of hydrogen-bond donors (Lipinski definition) is 2. The Balaban J connectivity index is 3.14. The summed E-state index contributed by atoms with van der Waals surface area (Å²) in [6.45, 7) is 0. The van der Waals surface area contributed by atoms with Crippen molar-refractivity contribution in [2.75, 3.05) is 0 Å². The zero-order valence-electron chi connectivity index (χ0n) is 9.42. The minimum absolute atomic E-state index is 0.113. The summed E-state index contributed by atoms with van der Waals surface area (Å²) in [6.07, 6.45) is 0. The molecule has 0 unspecified atom stereocenters. The van der Waals surface area contributed by atoms with Gasteiger partial charge in [-0.1, -0.05) is 0 Å². The lowest BCUT2D eigenvalue weighted by molar-refractivity contribution is 0.0689. The van der Waals surface area contributed by atoms with Gasteiger partial charge in [-0.3, -0.25) is 18.7 Å². The average Bonchev–Trinajstić information content (AvgIpc) is 2.33. The second-order valence-electron chi connectivity index (χ2n) is 3.62. The lowest BCUT2D eigenvalue weighted by atomic mass is 10.4. The molecule has 0 saturated carbocycles. The van der Waals surface area contributed by atoms with Crippen molar-refractivity contribution in [1.82, 2.24) is 19.1 Å². The fourth-order valence-corrected chi connectivity index (χ4v) is 1.54. The number of aromatic amines is 1. The second kappa shape index (κ2) is 3.65. The molecular weight excluding hydrogens is 244 g/mol. The number of fused-ring (bicyclic) bond motifs is 1. The van der Waals surface area contributed by atoms with Crippen molar-refractivity contribution in [2.45, 2.75) is 0 Å². The van der Waals surface area contributed by atoms with Crippen molar-refractivity contribution in [3.05, 3.63) is 36.9 Å². The molecule has 0 aliphatic rings. The molecule has 0 fully saturated rings. The van der Waals surface area contributed by atoms with Gasteiger partial charge in [0.25, 0.3) is 11.1 Å². The largest absolute Gasteiger partial charge is 0.476 e. The van der Waals surface area contributed by atoms with Gasteiger partial charge in [-0.2, -0.15) is 0 Å². The number of hydrogen-bond acceptors (Lipinski definition) is 5. The van der Waals surface area contributed by atoms with Crippen LogP contribution in [0.1, 0.15) is 10.5 Å². The Bertz CT molecular complexity index is 841. The lowest BCUT2D eigenvalue weighted by Gasteiger charge is -2.06. The topological polar surface area (TPSA) is 127 Å². The molecule has 0 aliphatic carbocycles. The van der Waals surface area contributed by atoms with Crippen molar-refractivity contribution in [3.63, 3.8) is 0 Å². The number of nitrogens with one attached hydrogen (secondary N) is 1. The van der Waals surface area contributed by atoms with Crippen LogP contribution in [0, 0.1) is 0 Å². The van der Waals surface area contributed by atoms with Crippen LogP contribution >= 0.6 is 0 Å². The summed E-state index contributed by atoms with van der Waals surface area (Å²) < 4.78 is 1.79. The van der Waals surface area contributed by atoms with E-state index in [1.54, 1.807) is 0 Å². The lowest BCUT2D eigenvalue weighted by Crippen LogP contribution is -2.39. The monoisotopic (exact) mass is 252 g/mol. The molecule has 0 spiro atoms. The normalized spacial score (nSPS) is 10.8. The van der Waals surface area contributed by atoms with Crippen molar-refractivity contribution in [2.24, 2.45) is 14.1 Å². The van der Waals surface area contributed by atoms with Crippen molar-refractivity contribution < 1.29 is 9.90 Å². The molecule has 2 aromatic heterocycles. The number of H-pyrrole nitrogens is 1. The maximum absolute atomic E-state index is 11.8. The Labute approximate surface area is 97.9 Å². The van der Waals surface area contributed by atoms with Crippen LogP contribution in [-0.4, -0.2) is 30.2 Å². The van der Waals surface area contributed by atoms with Gasteiger partial charge in [-0.25, -0.2) is 14.6 Å². The van der Waals surface area contributed by atoms with E-state index >= 15 is 0 Å². The van der Waals surface area contributed by atoms with Crippen LogP contribution in [0.2, 0.25) is 0 Å². The van der Waals surface area contributed by atoms with E-state index in [4.69, 9.17) is 5.11 Å². The molecule has 0 amide bonds. The van der Waals surface area contributed by atoms with Crippen LogP contribution < -0.4 is 16.8 Å². The number of aryl methyl sites for hydroxylation is 1. The molecular formula is C9H8N4O5. The molecule has 0 saturated heterocycles. The van der Waals surface area contributed by atoms with Crippen molar-refractivity contribution in [1.29, 1.82) is 0 Å². The van der Waals surface area contributed by atoms with Crippen LogP contribution in [0.15, 0.2) is 14.4 Å². The highest BCUT2D eigenvalue weighted by Crippen LogP contribution is 1.98. The molecule has 2 N–H and O–H groups in total. The van der Waals surface area contributed by atoms with Crippen LogP contribution in [-0.2, 0) is 14.1 Å². The highest BCUT2D eigenvalue weighted by atomic mass is 16.4. The molecule has 0 atom stereocenters. The van der Waals surface area contributed by atoms with Gasteiger partial charge in [0.1, 0.15) is 5.65 Å². The summed E-state index contributed by atoms with van der Waals surface area (Å²) >= 11 is 0. The molecule has 0 aromatic carbocycles. The standard InChI is InChI=1S/C9H8N4O5/c1-12-5-3(7(15)13(2)9(12)18)10-4(8(16)17)6(14)11-5/h1-2H3,(H,11,14)(H,16,17). The van der Waals surface area contributed by atoms with Crippen LogP contribution in [0.4, 0.5) is 0 Å². The van der Waals surface area contributed by atoms with E-state index in [0.29, 0.717) is 0 Å². The van der Waals surface area contributed by atoms with E-state index in [0.717, 1.165) is 9.13 Å². The minimum atomic E-state index is -1.55. The SMILES string of the molecule is Cn1c(=O)c2nc(C(=O)O)c(=O)[nH]c2n(C)c1=O. The molecule has 0 radical (unpaired) electrons. The first-order valence-corrected chi connectivity index (χ1v) is 4.78. The fraction of sp³-hybridized carbons (Fsp3) is 0.222. The first kappa shape index (κ1) is 11.8. The first-order chi connectivity index (χ1) is 8.34. The first-order valence-electron chi connectivity index (χ1n) is 4.78. The zero-order valence-corrected chi connectivity index (χ0v) is 9.42. The van der Waals surface area contributed by atoms with Gasteiger partial charge in [0.05, 0.1) is 0 Å². The Morgan fingerprint density at radius 2 is 1.83 bits per heavy atom. The fourth-order valence-electron chi connectivity index (χ4n) is 1.54. The van der Waals surface area contributed by atoms with Gasteiger partial charge >= 0.3 is 11.7 Å². The van der Waals surface area contributed by atoms with Crippen LogP contribution in [0.3, 0.4) is 0 Å². The molecule has 9 nitrogen and oxygen atoms in total. The molecule has 2 heterocycles. The summed E-state index contributed by atoms with van der Waals surface area (Å²) in [7, 11) is 2.57. The number of carbonyl (C=O) groups is 1. The number of rotatable bonds is 1. The zero-order chi connectivity index (χ0) is 13.6. The minimum Gasteiger partial charge on any atom is -0.476 e. The number of carboxylic acid groups (broad SMARTS) is 1. The van der Waals surface area contributed by atoms with Crippen LogP contribution in [0.5, 0.6) is 0 Å². The third-order valence-electron chi connectivity index (χ3n) is 2.51. The van der Waals surface area contributed by atoms with Gasteiger partial charge in [-0.15, -0.1) is 0 Å². The maximum Gasteiger partial charge on any atom is 0.360 e. The second-order valence-corrected chi connectivity index (χ2v) is 3.62. The van der Waals surface area contributed by atoms with E-state index in [9.17, 15) is 19.2 Å². The van der Waals surface area contributed by atoms with Gasteiger partial charge in [0.2, 0.25) is 5.69 Å². The molecule has 2 rings (SSSR count). The third kappa shape index (κ3) is 1.44. The molecule has 9 heteroatoms. The molecule has 2 aromatic rings. The highest BCUT2D eigenvalue weighted by Gasteiger charge is 2.17. The summed E-state index contributed by atoms with van der Waals surface area (Å²) in [4.78, 5) is 51.2.